The van der Waals surface area contributed by atoms with E-state index in [2.05, 4.69) is 0 Å². The van der Waals surface area contributed by atoms with Crippen LogP contribution in [-0.2, 0) is 4.57 Å². The van der Waals surface area contributed by atoms with Crippen LogP contribution in [0.4, 0.5) is 0 Å². The predicted octanol–water partition coefficient (Wildman–Crippen LogP) is -16.7. The Morgan fingerprint density at radius 3 is 1.06 bits per heavy atom. The zero-order valence-electron chi connectivity index (χ0n) is 9.86. The summed E-state index contributed by atoms with van der Waals surface area (Å²) in [6.07, 6.45) is -0.954. The van der Waals surface area contributed by atoms with Crippen LogP contribution in [0.3, 0.4) is 0 Å². The maximum atomic E-state index is 8.55. The normalized spacial score (nSPS) is 7.44. The van der Waals surface area contributed by atoms with Gasteiger partial charge in [-0.25, -0.2) is 0 Å². The van der Waals surface area contributed by atoms with Gasteiger partial charge >= 0.3 is 118 Å². The van der Waals surface area contributed by atoms with Crippen molar-refractivity contribution in [3.05, 3.63) is 0 Å². The smallest absolute Gasteiger partial charge is 0.870 e. The summed E-state index contributed by atoms with van der Waals surface area (Å²) in [5.74, 6) is 0. The average molecular weight is 296 g/mol. The van der Waals surface area contributed by atoms with Gasteiger partial charge in [0.1, 0.15) is 6.10 Å². The largest absolute Gasteiger partial charge is 1.00 e. The van der Waals surface area contributed by atoms with Crippen molar-refractivity contribution in [1.82, 2.24) is 0 Å². The predicted molar refractivity (Wildman–Crippen MR) is 29.7 cm³/mol. The Labute approximate surface area is 182 Å². The van der Waals surface area contributed by atoms with Crippen LogP contribution in [0.15, 0.2) is 0 Å². The minimum absolute atomic E-state index is 0. The monoisotopic (exact) mass is 296 g/mol. The standard InChI is InChI=1S/C3H8O3.4Na.H3O4P.H2O/c4-1-3(6)2-5;;;;;1-5(2,3)4;/h3-6H,1-2H2;;;;;(H3,1,2,3,4);1H2/q;4*+1;;/p-4. The molecule has 13 heteroatoms. The van der Waals surface area contributed by atoms with Crippen molar-refractivity contribution in [3.63, 3.8) is 0 Å². The Balaban J connectivity index is -0.0000000155. The molecule has 0 heterocycles. The summed E-state index contributed by atoms with van der Waals surface area (Å²) in [6.45, 7) is -0.729. The first-order chi connectivity index (χ1) is 4.81. The van der Waals surface area contributed by atoms with E-state index in [1.54, 1.807) is 0 Å². The summed E-state index contributed by atoms with van der Waals surface area (Å²) in [5.41, 5.74) is 0. The fraction of sp³-hybridized carbons (Fsp3) is 1.00. The van der Waals surface area contributed by atoms with Gasteiger partial charge in [0.15, 0.2) is 0 Å². The molecule has 0 spiro atoms. The van der Waals surface area contributed by atoms with E-state index in [1.807, 2.05) is 0 Å². The minimum Gasteiger partial charge on any atom is -0.870 e. The van der Waals surface area contributed by atoms with Gasteiger partial charge in [0.2, 0.25) is 0 Å². The van der Waals surface area contributed by atoms with E-state index < -0.39 is 13.9 Å². The van der Waals surface area contributed by atoms with Crippen molar-refractivity contribution in [1.29, 1.82) is 0 Å². The quantitative estimate of drug-likeness (QED) is 0.332. The van der Waals surface area contributed by atoms with Gasteiger partial charge in [0.05, 0.1) is 13.2 Å². The van der Waals surface area contributed by atoms with E-state index >= 15 is 0 Å². The van der Waals surface area contributed by atoms with Gasteiger partial charge in [0.25, 0.3) is 0 Å². The molecule has 8 nitrogen and oxygen atoms in total. The van der Waals surface area contributed by atoms with E-state index in [1.165, 1.54) is 0 Å². The fourth-order valence-electron chi connectivity index (χ4n) is 0.0577. The SMILES string of the molecule is O=P([O-])([O-])[O-].OCC(O)CO.[Na+].[Na+].[Na+].[Na+].[OH-]. The second-order valence-electron chi connectivity index (χ2n) is 1.47. The second-order valence-corrected chi connectivity index (χ2v) is 2.36. The first-order valence-corrected chi connectivity index (χ1v) is 3.90. The van der Waals surface area contributed by atoms with E-state index in [0.29, 0.717) is 0 Å². The molecule has 0 saturated heterocycles. The first-order valence-electron chi connectivity index (χ1n) is 2.44. The number of rotatable bonds is 2. The molecular formula is C3H9Na4O8P. The summed E-state index contributed by atoms with van der Waals surface area (Å²) in [4.78, 5) is 25.6. The molecule has 0 aliphatic carbocycles. The summed E-state index contributed by atoms with van der Waals surface area (Å²) in [7, 11) is -5.39. The van der Waals surface area contributed by atoms with Crippen LogP contribution in [0, 0.1) is 0 Å². The van der Waals surface area contributed by atoms with Crippen LogP contribution in [-0.4, -0.2) is 40.1 Å². The molecule has 78 valence electrons. The Hall–Kier alpha value is 3.95. The molecule has 16 heavy (non-hydrogen) atoms. The van der Waals surface area contributed by atoms with Gasteiger partial charge in [-0.2, -0.15) is 7.82 Å². The Morgan fingerprint density at radius 2 is 1.06 bits per heavy atom. The van der Waals surface area contributed by atoms with Crippen LogP contribution in [0.2, 0.25) is 0 Å². The van der Waals surface area contributed by atoms with Crippen molar-refractivity contribution in [2.45, 2.75) is 6.10 Å². The van der Waals surface area contributed by atoms with Gasteiger partial charge < -0.3 is 40.0 Å². The van der Waals surface area contributed by atoms with Crippen LogP contribution >= 0.6 is 7.82 Å². The number of phosphoric acid groups is 1. The maximum absolute atomic E-state index is 8.55. The third-order valence-corrected chi connectivity index (χ3v) is 0.421. The van der Waals surface area contributed by atoms with Gasteiger partial charge in [-0.15, -0.1) is 0 Å². The minimum atomic E-state index is -5.39. The van der Waals surface area contributed by atoms with Crippen molar-refractivity contribution in [2.75, 3.05) is 13.2 Å². The number of hydrogen-bond acceptors (Lipinski definition) is 8. The molecule has 4 N–H and O–H groups in total. The van der Waals surface area contributed by atoms with Crippen LogP contribution in [0.5, 0.6) is 0 Å². The molecular weight excluding hydrogens is 287 g/mol. The molecule has 0 unspecified atom stereocenters. The zero-order valence-corrected chi connectivity index (χ0v) is 18.8. The molecule has 0 saturated carbocycles. The van der Waals surface area contributed by atoms with Crippen molar-refractivity contribution < 1.29 is 158 Å². The van der Waals surface area contributed by atoms with Gasteiger partial charge in [0, 0.05) is 0 Å². The summed E-state index contributed by atoms with van der Waals surface area (Å²) in [5, 5.41) is 24.0. The number of hydrogen-bond donors (Lipinski definition) is 3. The van der Waals surface area contributed by atoms with E-state index in [4.69, 9.17) is 34.6 Å². The van der Waals surface area contributed by atoms with Crippen molar-refractivity contribution >= 4 is 7.82 Å². The van der Waals surface area contributed by atoms with E-state index in [-0.39, 0.29) is 137 Å². The van der Waals surface area contributed by atoms with E-state index in [9.17, 15) is 0 Å². The molecule has 0 aromatic rings. The summed E-state index contributed by atoms with van der Waals surface area (Å²) in [6, 6.07) is 0. The average Bonchev–Trinajstić information content (AvgIpc) is 1.83. The first kappa shape index (κ1) is 42.7. The molecule has 0 atom stereocenters. The van der Waals surface area contributed by atoms with Gasteiger partial charge in [-0.05, 0) is 0 Å². The topological polar surface area (TPSA) is 177 Å². The Bertz CT molecular complexity index is 120. The maximum Gasteiger partial charge on any atom is 1.00 e. The van der Waals surface area contributed by atoms with Crippen LogP contribution in [0.25, 0.3) is 0 Å². The molecule has 0 rings (SSSR count). The third-order valence-electron chi connectivity index (χ3n) is 0.421. The molecule has 0 aliphatic rings. The van der Waals surface area contributed by atoms with Crippen LogP contribution in [0.1, 0.15) is 0 Å². The summed E-state index contributed by atoms with van der Waals surface area (Å²) >= 11 is 0. The molecule has 0 aromatic carbocycles. The zero-order chi connectivity index (χ0) is 9.49. The number of aliphatic hydroxyl groups is 3. The third kappa shape index (κ3) is 81.6. The number of aliphatic hydroxyl groups excluding tert-OH is 3. The van der Waals surface area contributed by atoms with Gasteiger partial charge in [-0.3, -0.25) is 0 Å². The Kier molecular flexibility index (Phi) is 72.9. The summed E-state index contributed by atoms with van der Waals surface area (Å²) < 4.78 is 8.55. The second kappa shape index (κ2) is 27.3. The molecule has 0 radical (unpaired) electrons. The van der Waals surface area contributed by atoms with Crippen LogP contribution < -0.4 is 133 Å². The molecule has 0 aromatic heterocycles. The molecule has 0 fully saturated rings. The molecule has 0 amide bonds. The molecule has 0 aliphatic heterocycles. The van der Waals surface area contributed by atoms with Crippen molar-refractivity contribution in [3.8, 4) is 0 Å². The Morgan fingerprint density at radius 1 is 0.938 bits per heavy atom. The fourth-order valence-corrected chi connectivity index (χ4v) is 0.0577. The molecule has 0 bridgehead atoms. The van der Waals surface area contributed by atoms with E-state index in [0.717, 1.165) is 0 Å². The van der Waals surface area contributed by atoms with Crippen molar-refractivity contribution in [2.24, 2.45) is 0 Å². The van der Waals surface area contributed by atoms with Gasteiger partial charge in [-0.1, -0.05) is 0 Å².